The van der Waals surface area contributed by atoms with Crippen LogP contribution >= 0.6 is 0 Å². The first kappa shape index (κ1) is 18.0. The molecule has 0 spiro atoms. The molecule has 0 fully saturated rings. The molecule has 5 heteroatoms. The lowest BCUT2D eigenvalue weighted by Crippen LogP contribution is -2.32. The maximum atomic E-state index is 12.8. The quantitative estimate of drug-likeness (QED) is 0.863. The number of anilines is 1. The standard InChI is InChI=1S/C21H23NO4/c1-14(11-15-7-3-6-10-19(15)26-2)12-20(23)22-13-17(21(24)25)16-8-4-5-9-18(16)22/h3-10,14,17H,11-13H2,1-2H3,(H,24,25). The smallest absolute Gasteiger partial charge is 0.312 e. The molecule has 1 N–H and O–H groups in total. The van der Waals surface area contributed by atoms with Gasteiger partial charge in [0, 0.05) is 18.7 Å². The summed E-state index contributed by atoms with van der Waals surface area (Å²) in [7, 11) is 1.64. The number of carbonyl (C=O) groups excluding carboxylic acids is 1. The molecule has 1 aliphatic rings. The largest absolute Gasteiger partial charge is 0.496 e. The van der Waals surface area contributed by atoms with Crippen LogP contribution in [0.15, 0.2) is 48.5 Å². The molecule has 0 radical (unpaired) electrons. The topological polar surface area (TPSA) is 66.8 Å². The summed E-state index contributed by atoms with van der Waals surface area (Å²) in [4.78, 5) is 26.0. The van der Waals surface area contributed by atoms with Crippen LogP contribution in [-0.4, -0.2) is 30.6 Å². The summed E-state index contributed by atoms with van der Waals surface area (Å²) < 4.78 is 5.38. The van der Waals surface area contributed by atoms with Crippen molar-refractivity contribution in [2.75, 3.05) is 18.6 Å². The third kappa shape index (κ3) is 3.57. The van der Waals surface area contributed by atoms with Crippen LogP contribution in [0.4, 0.5) is 5.69 Å². The fraction of sp³-hybridized carbons (Fsp3) is 0.333. The molecule has 5 nitrogen and oxygen atoms in total. The molecule has 2 aromatic rings. The minimum Gasteiger partial charge on any atom is -0.496 e. The van der Waals surface area contributed by atoms with Gasteiger partial charge in [-0.2, -0.15) is 0 Å². The summed E-state index contributed by atoms with van der Waals surface area (Å²) in [6.45, 7) is 2.23. The van der Waals surface area contributed by atoms with E-state index in [1.165, 1.54) is 0 Å². The van der Waals surface area contributed by atoms with E-state index in [0.29, 0.717) is 12.0 Å². The third-order valence-corrected chi connectivity index (χ3v) is 4.85. The van der Waals surface area contributed by atoms with Gasteiger partial charge >= 0.3 is 5.97 Å². The number of hydrogen-bond acceptors (Lipinski definition) is 3. The Morgan fingerprint density at radius 1 is 1.19 bits per heavy atom. The summed E-state index contributed by atoms with van der Waals surface area (Å²) in [6.07, 6.45) is 1.09. The Morgan fingerprint density at radius 3 is 2.62 bits per heavy atom. The number of carboxylic acid groups (broad SMARTS) is 1. The van der Waals surface area contributed by atoms with Gasteiger partial charge in [-0.1, -0.05) is 43.3 Å². The van der Waals surface area contributed by atoms with Crippen LogP contribution in [0.5, 0.6) is 5.75 Å². The average Bonchev–Trinajstić information content (AvgIpc) is 3.02. The van der Waals surface area contributed by atoms with E-state index in [4.69, 9.17) is 4.74 Å². The number of methoxy groups -OCH3 is 1. The molecule has 3 rings (SSSR count). The van der Waals surface area contributed by atoms with Crippen molar-refractivity contribution in [3.63, 3.8) is 0 Å². The van der Waals surface area contributed by atoms with Gasteiger partial charge in [-0.05, 0) is 35.6 Å². The number of ether oxygens (including phenoxy) is 1. The summed E-state index contributed by atoms with van der Waals surface area (Å²) in [5.41, 5.74) is 2.50. The highest BCUT2D eigenvalue weighted by Gasteiger charge is 2.36. The van der Waals surface area contributed by atoms with E-state index in [0.717, 1.165) is 23.4 Å². The first-order valence-corrected chi connectivity index (χ1v) is 8.75. The molecule has 1 heterocycles. The Labute approximate surface area is 153 Å². The fourth-order valence-corrected chi connectivity index (χ4v) is 3.58. The molecule has 0 saturated carbocycles. The van der Waals surface area contributed by atoms with E-state index in [1.807, 2.05) is 49.4 Å². The summed E-state index contributed by atoms with van der Waals surface area (Å²) in [5, 5.41) is 9.44. The van der Waals surface area contributed by atoms with Gasteiger partial charge in [0.25, 0.3) is 0 Å². The lowest BCUT2D eigenvalue weighted by Gasteiger charge is -2.20. The van der Waals surface area contributed by atoms with Crippen molar-refractivity contribution in [3.05, 3.63) is 59.7 Å². The van der Waals surface area contributed by atoms with Crippen molar-refractivity contribution in [2.24, 2.45) is 5.92 Å². The number of para-hydroxylation sites is 2. The van der Waals surface area contributed by atoms with E-state index >= 15 is 0 Å². The van der Waals surface area contributed by atoms with Crippen molar-refractivity contribution >= 4 is 17.6 Å². The van der Waals surface area contributed by atoms with Crippen molar-refractivity contribution in [3.8, 4) is 5.75 Å². The van der Waals surface area contributed by atoms with Crippen LogP contribution in [0, 0.1) is 5.92 Å². The van der Waals surface area contributed by atoms with Crippen LogP contribution in [0.2, 0.25) is 0 Å². The Hall–Kier alpha value is -2.82. The molecule has 26 heavy (non-hydrogen) atoms. The zero-order chi connectivity index (χ0) is 18.7. The molecule has 0 saturated heterocycles. The SMILES string of the molecule is COc1ccccc1CC(C)CC(=O)N1CC(C(=O)O)c2ccccc21. The molecule has 2 aromatic carbocycles. The monoisotopic (exact) mass is 353 g/mol. The van der Waals surface area contributed by atoms with Gasteiger partial charge in [-0.3, -0.25) is 9.59 Å². The molecular weight excluding hydrogens is 330 g/mol. The number of carboxylic acids is 1. The molecule has 0 aliphatic carbocycles. The zero-order valence-electron chi connectivity index (χ0n) is 15.0. The van der Waals surface area contributed by atoms with Crippen molar-refractivity contribution in [1.29, 1.82) is 0 Å². The fourth-order valence-electron chi connectivity index (χ4n) is 3.58. The van der Waals surface area contributed by atoms with E-state index < -0.39 is 11.9 Å². The lowest BCUT2D eigenvalue weighted by molar-refractivity contribution is -0.138. The highest BCUT2D eigenvalue weighted by Crippen LogP contribution is 2.37. The van der Waals surface area contributed by atoms with Crippen molar-refractivity contribution < 1.29 is 19.4 Å². The number of nitrogens with zero attached hydrogens (tertiary/aromatic N) is 1. The zero-order valence-corrected chi connectivity index (χ0v) is 15.0. The highest BCUT2D eigenvalue weighted by atomic mass is 16.5. The first-order chi connectivity index (χ1) is 12.5. The van der Waals surface area contributed by atoms with Crippen LogP contribution in [-0.2, 0) is 16.0 Å². The number of carbonyl (C=O) groups is 2. The normalized spacial score (nSPS) is 16.8. The maximum Gasteiger partial charge on any atom is 0.312 e. The predicted molar refractivity (Wildman–Crippen MR) is 99.7 cm³/mol. The highest BCUT2D eigenvalue weighted by molar-refractivity contribution is 5.99. The number of benzene rings is 2. The Balaban J connectivity index is 1.71. The molecule has 2 atom stereocenters. The Kier molecular flexibility index (Phi) is 5.26. The minimum absolute atomic E-state index is 0.0383. The van der Waals surface area contributed by atoms with Gasteiger partial charge in [0.15, 0.2) is 0 Å². The number of hydrogen-bond donors (Lipinski definition) is 1. The van der Waals surface area contributed by atoms with Crippen LogP contribution < -0.4 is 9.64 Å². The minimum atomic E-state index is -0.894. The van der Waals surface area contributed by atoms with Gasteiger partial charge in [0.1, 0.15) is 11.7 Å². The number of amides is 1. The van der Waals surface area contributed by atoms with Crippen molar-refractivity contribution in [2.45, 2.75) is 25.7 Å². The second-order valence-corrected chi connectivity index (χ2v) is 6.78. The van der Waals surface area contributed by atoms with Gasteiger partial charge in [0.2, 0.25) is 5.91 Å². The van der Waals surface area contributed by atoms with Crippen LogP contribution in [0.25, 0.3) is 0 Å². The van der Waals surface area contributed by atoms with E-state index in [-0.39, 0.29) is 18.4 Å². The van der Waals surface area contributed by atoms with Crippen molar-refractivity contribution in [1.82, 2.24) is 0 Å². The van der Waals surface area contributed by atoms with Gasteiger partial charge in [-0.25, -0.2) is 0 Å². The molecule has 1 amide bonds. The van der Waals surface area contributed by atoms with E-state index in [1.54, 1.807) is 18.1 Å². The van der Waals surface area contributed by atoms with Gasteiger partial charge < -0.3 is 14.7 Å². The summed E-state index contributed by atoms with van der Waals surface area (Å²) in [5.74, 6) is -0.641. The molecular formula is C21H23NO4. The lowest BCUT2D eigenvalue weighted by atomic mass is 9.97. The average molecular weight is 353 g/mol. The molecule has 0 aromatic heterocycles. The molecule has 136 valence electrons. The molecule has 1 aliphatic heterocycles. The van der Waals surface area contributed by atoms with E-state index in [2.05, 4.69) is 0 Å². The second kappa shape index (κ2) is 7.60. The van der Waals surface area contributed by atoms with Gasteiger partial charge in [-0.15, -0.1) is 0 Å². The molecule has 0 bridgehead atoms. The summed E-state index contributed by atoms with van der Waals surface area (Å²) in [6, 6.07) is 15.1. The van der Waals surface area contributed by atoms with E-state index in [9.17, 15) is 14.7 Å². The van der Waals surface area contributed by atoms with Gasteiger partial charge in [0.05, 0.1) is 7.11 Å². The number of fused-ring (bicyclic) bond motifs is 1. The second-order valence-electron chi connectivity index (χ2n) is 6.78. The molecule has 2 unspecified atom stereocenters. The summed E-state index contributed by atoms with van der Waals surface area (Å²) >= 11 is 0. The Bertz CT molecular complexity index is 817. The number of aliphatic carboxylic acids is 1. The maximum absolute atomic E-state index is 12.8. The predicted octanol–water partition coefficient (Wildman–Crippen LogP) is 3.48. The first-order valence-electron chi connectivity index (χ1n) is 8.75. The number of rotatable bonds is 6. The van der Waals surface area contributed by atoms with Crippen LogP contribution in [0.1, 0.15) is 30.4 Å². The van der Waals surface area contributed by atoms with Crippen LogP contribution in [0.3, 0.4) is 0 Å². The third-order valence-electron chi connectivity index (χ3n) is 4.85. The Morgan fingerprint density at radius 2 is 1.88 bits per heavy atom.